The van der Waals surface area contributed by atoms with Crippen LogP contribution in [-0.4, -0.2) is 15.0 Å². The van der Waals surface area contributed by atoms with E-state index in [0.29, 0.717) is 9.39 Å². The average Bonchev–Trinajstić information content (AvgIpc) is 2.49. The molecule has 0 amide bonds. The van der Waals surface area contributed by atoms with E-state index in [2.05, 4.69) is 37.5 Å². The fourth-order valence-electron chi connectivity index (χ4n) is 2.22. The smallest absolute Gasteiger partial charge is 0.264 e. The Labute approximate surface area is 135 Å². The molecule has 0 saturated carbocycles. The van der Waals surface area contributed by atoms with Crippen LogP contribution >= 0.6 is 22.6 Å². The van der Waals surface area contributed by atoms with Gasteiger partial charge in [-0.25, -0.2) is 4.98 Å². The van der Waals surface area contributed by atoms with Crippen molar-refractivity contribution in [1.29, 1.82) is 0 Å². The van der Waals surface area contributed by atoms with Gasteiger partial charge >= 0.3 is 0 Å². The number of benzene rings is 1. The molecule has 0 unspecified atom stereocenters. The monoisotopic (exact) mass is 391 g/mol. The van der Waals surface area contributed by atoms with Gasteiger partial charge in [-0.3, -0.25) is 9.78 Å². The number of hydrogen-bond acceptors (Lipinski definition) is 3. The molecule has 0 fully saturated rings. The summed E-state index contributed by atoms with van der Waals surface area (Å²) in [4.78, 5) is 23.9. The van der Waals surface area contributed by atoms with Crippen molar-refractivity contribution in [3.05, 3.63) is 56.1 Å². The van der Waals surface area contributed by atoms with Crippen molar-refractivity contribution in [3.63, 3.8) is 0 Å². The van der Waals surface area contributed by atoms with Gasteiger partial charge in [0.15, 0.2) is 0 Å². The van der Waals surface area contributed by atoms with Gasteiger partial charge in [-0.1, -0.05) is 19.9 Å². The summed E-state index contributed by atoms with van der Waals surface area (Å²) in [6.07, 6.45) is 1.77. The molecule has 0 spiro atoms. The van der Waals surface area contributed by atoms with Gasteiger partial charge < -0.3 is 4.98 Å². The molecule has 1 N–H and O–H groups in total. The second-order valence-electron chi connectivity index (χ2n) is 5.18. The number of rotatable bonds is 2. The highest BCUT2D eigenvalue weighted by molar-refractivity contribution is 14.1. The molecule has 0 aliphatic heterocycles. The first-order chi connectivity index (χ1) is 10.1. The first-order valence-electron chi connectivity index (χ1n) is 6.71. The molecule has 2 heterocycles. The summed E-state index contributed by atoms with van der Waals surface area (Å²) in [5, 5.41) is 1.03. The van der Waals surface area contributed by atoms with Crippen LogP contribution in [0.4, 0.5) is 0 Å². The van der Waals surface area contributed by atoms with E-state index in [0.717, 1.165) is 22.2 Å². The van der Waals surface area contributed by atoms with Gasteiger partial charge in [0.05, 0.1) is 14.8 Å². The topological polar surface area (TPSA) is 58.6 Å². The molecule has 1 aromatic carbocycles. The van der Waals surface area contributed by atoms with Crippen molar-refractivity contribution in [2.24, 2.45) is 0 Å². The van der Waals surface area contributed by atoms with Crippen molar-refractivity contribution in [3.8, 4) is 11.4 Å². The third-order valence-electron chi connectivity index (χ3n) is 3.31. The Morgan fingerprint density at radius 2 is 2.05 bits per heavy atom. The Morgan fingerprint density at radius 1 is 1.24 bits per heavy atom. The van der Waals surface area contributed by atoms with Gasteiger partial charge in [0.25, 0.3) is 5.56 Å². The fourth-order valence-corrected chi connectivity index (χ4v) is 3.10. The lowest BCUT2D eigenvalue weighted by Gasteiger charge is -2.10. The summed E-state index contributed by atoms with van der Waals surface area (Å²) in [5.74, 6) is 0.815. The fraction of sp³-hybridized carbons (Fsp3) is 0.188. The molecule has 2 aromatic heterocycles. The highest BCUT2D eigenvalue weighted by atomic mass is 127. The quantitative estimate of drug-likeness (QED) is 0.678. The van der Waals surface area contributed by atoms with Gasteiger partial charge in [-0.05, 0) is 52.8 Å². The van der Waals surface area contributed by atoms with Crippen LogP contribution in [0.3, 0.4) is 0 Å². The van der Waals surface area contributed by atoms with Gasteiger partial charge in [0.1, 0.15) is 5.82 Å². The lowest BCUT2D eigenvalue weighted by atomic mass is 10.1. The van der Waals surface area contributed by atoms with Crippen molar-refractivity contribution >= 4 is 33.5 Å². The van der Waals surface area contributed by atoms with Crippen molar-refractivity contribution < 1.29 is 0 Å². The Bertz CT molecular complexity index is 871. The number of aromatic amines is 1. The predicted octanol–water partition coefficient (Wildman–Crippen LogP) is 3.71. The summed E-state index contributed by atoms with van der Waals surface area (Å²) in [7, 11) is 0. The van der Waals surface area contributed by atoms with Gasteiger partial charge in [0.2, 0.25) is 0 Å². The number of halogens is 1. The molecule has 0 saturated heterocycles. The van der Waals surface area contributed by atoms with Crippen LogP contribution in [-0.2, 0) is 0 Å². The van der Waals surface area contributed by atoms with Gasteiger partial charge in [0, 0.05) is 17.1 Å². The molecule has 0 bridgehead atoms. The Morgan fingerprint density at radius 3 is 2.81 bits per heavy atom. The van der Waals surface area contributed by atoms with Crippen LogP contribution in [0.25, 0.3) is 22.3 Å². The Kier molecular flexibility index (Phi) is 3.75. The average molecular weight is 391 g/mol. The number of aromatic nitrogens is 3. The van der Waals surface area contributed by atoms with E-state index in [1.807, 2.05) is 44.2 Å². The summed E-state index contributed by atoms with van der Waals surface area (Å²) in [6.45, 7) is 4.08. The maximum Gasteiger partial charge on any atom is 0.264 e. The van der Waals surface area contributed by atoms with E-state index in [-0.39, 0.29) is 11.5 Å². The summed E-state index contributed by atoms with van der Waals surface area (Å²) in [6, 6.07) is 9.77. The third-order valence-corrected chi connectivity index (χ3v) is 4.35. The van der Waals surface area contributed by atoms with E-state index in [9.17, 15) is 4.79 Å². The molecular weight excluding hydrogens is 377 g/mol. The molecule has 0 atom stereocenters. The number of H-pyrrole nitrogens is 1. The van der Waals surface area contributed by atoms with E-state index in [1.165, 1.54) is 0 Å². The zero-order valence-corrected chi connectivity index (χ0v) is 13.9. The van der Waals surface area contributed by atoms with Crippen LogP contribution in [0, 0.1) is 3.57 Å². The molecule has 21 heavy (non-hydrogen) atoms. The molecule has 0 radical (unpaired) electrons. The number of fused-ring (bicyclic) bond motifs is 1. The van der Waals surface area contributed by atoms with E-state index in [1.54, 1.807) is 6.20 Å². The SMILES string of the molecule is CC(C)c1nc(-c2ccc3ncccc3c2)[nH]c(=O)c1I. The normalized spacial score (nSPS) is 11.2. The Hall–Kier alpha value is -1.76. The number of nitrogens with one attached hydrogen (secondary N) is 1. The zero-order chi connectivity index (χ0) is 15.0. The molecule has 3 aromatic rings. The molecule has 0 aliphatic carbocycles. The van der Waals surface area contributed by atoms with E-state index >= 15 is 0 Å². The van der Waals surface area contributed by atoms with Gasteiger partial charge in [-0.15, -0.1) is 0 Å². The minimum Gasteiger partial charge on any atom is -0.306 e. The predicted molar refractivity (Wildman–Crippen MR) is 92.4 cm³/mol. The number of nitrogens with zero attached hydrogens (tertiary/aromatic N) is 2. The van der Waals surface area contributed by atoms with Gasteiger partial charge in [-0.2, -0.15) is 0 Å². The lowest BCUT2D eigenvalue weighted by molar-refractivity contribution is 0.802. The first kappa shape index (κ1) is 14.2. The van der Waals surface area contributed by atoms with Crippen LogP contribution < -0.4 is 5.56 Å². The molecule has 106 valence electrons. The number of hydrogen-bond donors (Lipinski definition) is 1. The minimum atomic E-state index is -0.0874. The van der Waals surface area contributed by atoms with Crippen LogP contribution in [0.5, 0.6) is 0 Å². The summed E-state index contributed by atoms with van der Waals surface area (Å²) >= 11 is 2.05. The standard InChI is InChI=1S/C16H14IN3O/c1-9(2)14-13(17)16(21)20-15(19-14)11-5-6-12-10(8-11)4-3-7-18-12/h3-9H,1-2H3,(H,19,20,21). The Balaban J connectivity index is 2.20. The molecule has 5 heteroatoms. The highest BCUT2D eigenvalue weighted by Gasteiger charge is 2.13. The second-order valence-corrected chi connectivity index (χ2v) is 6.26. The van der Waals surface area contributed by atoms with Crippen LogP contribution in [0.2, 0.25) is 0 Å². The summed E-state index contributed by atoms with van der Waals surface area (Å²) < 4.78 is 0.661. The maximum atomic E-state index is 12.1. The van der Waals surface area contributed by atoms with Crippen molar-refractivity contribution in [2.75, 3.05) is 0 Å². The minimum absolute atomic E-state index is 0.0874. The molecule has 0 aliphatic rings. The third kappa shape index (κ3) is 2.70. The molecule has 4 nitrogen and oxygen atoms in total. The molecule has 3 rings (SSSR count). The van der Waals surface area contributed by atoms with Crippen LogP contribution in [0.1, 0.15) is 25.5 Å². The van der Waals surface area contributed by atoms with E-state index < -0.39 is 0 Å². The number of pyridine rings is 1. The first-order valence-corrected chi connectivity index (χ1v) is 7.79. The maximum absolute atomic E-state index is 12.1. The van der Waals surface area contributed by atoms with E-state index in [4.69, 9.17) is 0 Å². The lowest BCUT2D eigenvalue weighted by Crippen LogP contribution is -2.17. The molecular formula is C16H14IN3O. The van der Waals surface area contributed by atoms with Crippen LogP contribution in [0.15, 0.2) is 41.3 Å². The largest absolute Gasteiger partial charge is 0.306 e. The van der Waals surface area contributed by atoms with Crippen molar-refractivity contribution in [1.82, 2.24) is 15.0 Å². The van der Waals surface area contributed by atoms with Crippen molar-refractivity contribution in [2.45, 2.75) is 19.8 Å². The highest BCUT2D eigenvalue weighted by Crippen LogP contribution is 2.23. The summed E-state index contributed by atoms with van der Waals surface area (Å²) in [5.41, 5.74) is 2.57. The second kappa shape index (κ2) is 5.55. The zero-order valence-electron chi connectivity index (χ0n) is 11.7.